The molecule has 0 saturated heterocycles. The molecular weight excluding hydrogens is 320 g/mol. The Labute approximate surface area is 128 Å². The summed E-state index contributed by atoms with van der Waals surface area (Å²) in [7, 11) is 1.97. The Morgan fingerprint density at radius 3 is 2.75 bits per heavy atom. The van der Waals surface area contributed by atoms with E-state index in [2.05, 4.69) is 40.2 Å². The maximum Gasteiger partial charge on any atom is 0.234 e. The Kier molecular flexibility index (Phi) is 5.21. The van der Waals surface area contributed by atoms with Crippen molar-refractivity contribution in [2.45, 2.75) is 52.2 Å². The van der Waals surface area contributed by atoms with E-state index in [1.54, 1.807) is 0 Å². The molecular formula is C14H23BrN4O. The minimum absolute atomic E-state index is 0.115. The number of aromatic nitrogens is 2. The second kappa shape index (κ2) is 6.72. The Bertz CT molecular complexity index is 482. The number of amides is 1. The smallest absolute Gasteiger partial charge is 0.234 e. The zero-order chi connectivity index (χ0) is 14.7. The lowest BCUT2D eigenvalue weighted by atomic mass is 10.3. The van der Waals surface area contributed by atoms with Crippen LogP contribution in [0.3, 0.4) is 0 Å². The van der Waals surface area contributed by atoms with Crippen molar-refractivity contribution in [3.63, 3.8) is 0 Å². The van der Waals surface area contributed by atoms with Crippen LogP contribution in [-0.4, -0.2) is 40.2 Å². The third-order valence-electron chi connectivity index (χ3n) is 3.47. The molecule has 2 rings (SSSR count). The topological polar surface area (TPSA) is 50.2 Å². The first kappa shape index (κ1) is 15.5. The van der Waals surface area contributed by atoms with Crippen molar-refractivity contribution in [1.29, 1.82) is 0 Å². The van der Waals surface area contributed by atoms with Crippen LogP contribution >= 0.6 is 15.9 Å². The van der Waals surface area contributed by atoms with Gasteiger partial charge in [-0.25, -0.2) is 0 Å². The standard InChI is InChI=1S/C14H23BrN4O/c1-4-11-14(15)12(19(5-2)17-11)8-18(3)9-13(20)16-10-6-7-10/h10H,4-9H2,1-3H3,(H,16,20). The summed E-state index contributed by atoms with van der Waals surface area (Å²) >= 11 is 3.64. The van der Waals surface area contributed by atoms with E-state index < -0.39 is 0 Å². The van der Waals surface area contributed by atoms with Crippen LogP contribution in [-0.2, 0) is 24.3 Å². The van der Waals surface area contributed by atoms with Gasteiger partial charge in [0, 0.05) is 19.1 Å². The number of rotatable bonds is 7. The first-order chi connectivity index (χ1) is 9.55. The SMILES string of the molecule is CCc1nn(CC)c(CN(C)CC(=O)NC2CC2)c1Br. The van der Waals surface area contributed by atoms with Crippen LogP contribution in [0.2, 0.25) is 0 Å². The molecule has 1 amide bonds. The largest absolute Gasteiger partial charge is 0.352 e. The van der Waals surface area contributed by atoms with Gasteiger partial charge in [0.2, 0.25) is 5.91 Å². The zero-order valence-electron chi connectivity index (χ0n) is 12.4. The molecule has 1 N–H and O–H groups in total. The Balaban J connectivity index is 1.97. The van der Waals surface area contributed by atoms with E-state index in [1.807, 2.05) is 16.6 Å². The van der Waals surface area contributed by atoms with Crippen LogP contribution in [0, 0.1) is 0 Å². The third kappa shape index (κ3) is 3.82. The highest BCUT2D eigenvalue weighted by atomic mass is 79.9. The molecule has 1 fully saturated rings. The lowest BCUT2D eigenvalue weighted by Gasteiger charge is -2.17. The molecule has 112 valence electrons. The number of hydrogen-bond donors (Lipinski definition) is 1. The summed E-state index contributed by atoms with van der Waals surface area (Å²) in [5.41, 5.74) is 2.23. The van der Waals surface area contributed by atoms with Crippen molar-refractivity contribution in [2.24, 2.45) is 0 Å². The highest BCUT2D eigenvalue weighted by Gasteiger charge is 2.24. The van der Waals surface area contributed by atoms with Crippen LogP contribution in [0.25, 0.3) is 0 Å². The number of likely N-dealkylation sites (N-methyl/N-ethyl adjacent to an activating group) is 1. The first-order valence-electron chi connectivity index (χ1n) is 7.27. The monoisotopic (exact) mass is 342 g/mol. The van der Waals surface area contributed by atoms with Crippen LogP contribution in [0.5, 0.6) is 0 Å². The highest BCUT2D eigenvalue weighted by molar-refractivity contribution is 9.10. The fraction of sp³-hybridized carbons (Fsp3) is 0.714. The molecule has 5 nitrogen and oxygen atoms in total. The van der Waals surface area contributed by atoms with Crippen molar-refractivity contribution in [3.05, 3.63) is 15.9 Å². The second-order valence-corrected chi connectivity index (χ2v) is 6.18. The minimum Gasteiger partial charge on any atom is -0.352 e. The van der Waals surface area contributed by atoms with Gasteiger partial charge in [-0.15, -0.1) is 0 Å². The van der Waals surface area contributed by atoms with Crippen LogP contribution in [0.4, 0.5) is 0 Å². The second-order valence-electron chi connectivity index (χ2n) is 5.39. The number of nitrogens with one attached hydrogen (secondary N) is 1. The van der Waals surface area contributed by atoms with E-state index in [-0.39, 0.29) is 5.91 Å². The third-order valence-corrected chi connectivity index (χ3v) is 4.39. The molecule has 0 spiro atoms. The summed E-state index contributed by atoms with van der Waals surface area (Å²) in [4.78, 5) is 13.8. The molecule has 0 radical (unpaired) electrons. The van der Waals surface area contributed by atoms with Crippen LogP contribution in [0.15, 0.2) is 4.47 Å². The van der Waals surface area contributed by atoms with Gasteiger partial charge < -0.3 is 5.32 Å². The van der Waals surface area contributed by atoms with Crippen molar-refractivity contribution in [2.75, 3.05) is 13.6 Å². The average molecular weight is 343 g/mol. The van der Waals surface area contributed by atoms with Gasteiger partial charge in [0.1, 0.15) is 0 Å². The van der Waals surface area contributed by atoms with E-state index in [9.17, 15) is 4.79 Å². The van der Waals surface area contributed by atoms with Gasteiger partial charge in [0.15, 0.2) is 0 Å². The molecule has 0 aliphatic heterocycles. The number of halogens is 1. The summed E-state index contributed by atoms with van der Waals surface area (Å²) in [6.45, 7) is 6.18. The van der Waals surface area contributed by atoms with Gasteiger partial charge in [0.25, 0.3) is 0 Å². The quantitative estimate of drug-likeness (QED) is 0.823. The maximum absolute atomic E-state index is 11.8. The summed E-state index contributed by atoms with van der Waals surface area (Å²) < 4.78 is 3.09. The van der Waals surface area contributed by atoms with E-state index in [4.69, 9.17) is 0 Å². The van der Waals surface area contributed by atoms with Gasteiger partial charge in [-0.3, -0.25) is 14.4 Å². The van der Waals surface area contributed by atoms with E-state index in [1.165, 1.54) is 0 Å². The summed E-state index contributed by atoms with van der Waals surface area (Å²) in [6, 6.07) is 0.426. The van der Waals surface area contributed by atoms with Gasteiger partial charge in [-0.2, -0.15) is 5.10 Å². The Hall–Kier alpha value is -0.880. The molecule has 1 aliphatic rings. The fourth-order valence-corrected chi connectivity index (χ4v) is 2.92. The molecule has 1 aliphatic carbocycles. The molecule has 0 aromatic carbocycles. The van der Waals surface area contributed by atoms with Gasteiger partial charge >= 0.3 is 0 Å². The first-order valence-corrected chi connectivity index (χ1v) is 8.06. The molecule has 0 bridgehead atoms. The molecule has 6 heteroatoms. The van der Waals surface area contributed by atoms with Crippen LogP contribution in [0.1, 0.15) is 38.1 Å². The van der Waals surface area contributed by atoms with E-state index in [0.29, 0.717) is 12.6 Å². The zero-order valence-corrected chi connectivity index (χ0v) is 14.0. The van der Waals surface area contributed by atoms with Gasteiger partial charge in [-0.1, -0.05) is 6.92 Å². The molecule has 20 heavy (non-hydrogen) atoms. The molecule has 1 aromatic rings. The predicted octanol–water partition coefficient (Wildman–Crippen LogP) is 1.94. The fourth-order valence-electron chi connectivity index (χ4n) is 2.23. The van der Waals surface area contributed by atoms with Crippen molar-refractivity contribution in [1.82, 2.24) is 20.0 Å². The summed E-state index contributed by atoms with van der Waals surface area (Å²) in [5.74, 6) is 0.115. The average Bonchev–Trinajstić information content (AvgIpc) is 3.15. The van der Waals surface area contributed by atoms with Crippen molar-refractivity contribution < 1.29 is 4.79 Å². The lowest BCUT2D eigenvalue weighted by Crippen LogP contribution is -2.36. The molecule has 1 aromatic heterocycles. The summed E-state index contributed by atoms with van der Waals surface area (Å²) in [6.07, 6.45) is 3.17. The minimum atomic E-state index is 0.115. The normalized spacial score (nSPS) is 14.8. The number of carbonyl (C=O) groups excluding carboxylic acids is 1. The number of hydrogen-bond acceptors (Lipinski definition) is 3. The molecule has 1 saturated carbocycles. The van der Waals surface area contributed by atoms with Gasteiger partial charge in [0.05, 0.1) is 22.4 Å². The number of nitrogens with zero attached hydrogens (tertiary/aromatic N) is 3. The predicted molar refractivity (Wildman–Crippen MR) is 82.5 cm³/mol. The maximum atomic E-state index is 11.8. The molecule has 1 heterocycles. The summed E-state index contributed by atoms with van der Waals surface area (Å²) in [5, 5.41) is 7.60. The highest BCUT2D eigenvalue weighted by Crippen LogP contribution is 2.23. The molecule has 0 atom stereocenters. The van der Waals surface area contributed by atoms with Crippen molar-refractivity contribution >= 4 is 21.8 Å². The number of carbonyl (C=O) groups is 1. The number of aryl methyl sites for hydroxylation is 2. The van der Waals surface area contributed by atoms with Crippen LogP contribution < -0.4 is 5.32 Å². The van der Waals surface area contributed by atoms with E-state index >= 15 is 0 Å². The Morgan fingerprint density at radius 2 is 2.20 bits per heavy atom. The van der Waals surface area contributed by atoms with Gasteiger partial charge in [-0.05, 0) is 49.2 Å². The molecule has 0 unspecified atom stereocenters. The Morgan fingerprint density at radius 1 is 1.50 bits per heavy atom. The van der Waals surface area contributed by atoms with E-state index in [0.717, 1.165) is 48.2 Å². The van der Waals surface area contributed by atoms with Crippen molar-refractivity contribution in [3.8, 4) is 0 Å². The lowest BCUT2D eigenvalue weighted by molar-refractivity contribution is -0.122.